The zero-order valence-electron chi connectivity index (χ0n) is 16.0. The summed E-state index contributed by atoms with van der Waals surface area (Å²) in [4.78, 5) is 29.1. The summed E-state index contributed by atoms with van der Waals surface area (Å²) < 4.78 is 11.1. The molecule has 0 bridgehead atoms. The fraction of sp³-hybridized carbons (Fsp3) is 0.632. The van der Waals surface area contributed by atoms with E-state index >= 15 is 0 Å². The molecule has 1 atom stereocenters. The third-order valence-corrected chi connectivity index (χ3v) is 4.34. The number of likely N-dealkylation sites (N-methyl/N-ethyl adjacent to an activating group) is 1. The van der Waals surface area contributed by atoms with Crippen molar-refractivity contribution >= 4 is 12.4 Å². The molecule has 0 fully saturated rings. The van der Waals surface area contributed by atoms with Crippen molar-refractivity contribution in [1.29, 1.82) is 0 Å². The lowest BCUT2D eigenvalue weighted by Crippen LogP contribution is -2.36. The minimum absolute atomic E-state index is 0.0442. The number of pyridine rings is 1. The van der Waals surface area contributed by atoms with Gasteiger partial charge in [0.25, 0.3) is 0 Å². The smallest absolute Gasteiger partial charge is 0.410 e. The average Bonchev–Trinajstić information content (AvgIpc) is 2.95. The van der Waals surface area contributed by atoms with Gasteiger partial charge in [0.1, 0.15) is 18.5 Å². The number of rotatable bonds is 5. The van der Waals surface area contributed by atoms with E-state index < -0.39 is 5.60 Å². The first-order valence-corrected chi connectivity index (χ1v) is 8.63. The molecule has 6 nitrogen and oxygen atoms in total. The monoisotopic (exact) mass is 348 g/mol. The van der Waals surface area contributed by atoms with Crippen molar-refractivity contribution in [1.82, 2.24) is 9.88 Å². The zero-order valence-corrected chi connectivity index (χ0v) is 16.0. The third kappa shape index (κ3) is 4.71. The SMILES string of the molecule is Cc1nc(OCCN(C)C(=O)OC(C)(C)C)c(C)c2c1CC(C=O)C2. The molecule has 1 aromatic heterocycles. The first-order chi connectivity index (χ1) is 11.6. The van der Waals surface area contributed by atoms with Gasteiger partial charge in [0, 0.05) is 24.2 Å². The number of carbonyl (C=O) groups is 2. The molecule has 0 aromatic carbocycles. The molecule has 0 saturated carbocycles. The van der Waals surface area contributed by atoms with Crippen LogP contribution >= 0.6 is 0 Å². The van der Waals surface area contributed by atoms with Gasteiger partial charge in [-0.2, -0.15) is 0 Å². The predicted molar refractivity (Wildman–Crippen MR) is 95.0 cm³/mol. The Bertz CT molecular complexity index is 664. The molecule has 1 aromatic rings. The molecule has 1 heterocycles. The van der Waals surface area contributed by atoms with Crippen molar-refractivity contribution in [2.24, 2.45) is 5.92 Å². The van der Waals surface area contributed by atoms with Crippen LogP contribution in [0.5, 0.6) is 5.88 Å². The third-order valence-electron chi connectivity index (χ3n) is 4.34. The first-order valence-electron chi connectivity index (χ1n) is 8.63. The van der Waals surface area contributed by atoms with Crippen molar-refractivity contribution < 1.29 is 19.1 Å². The summed E-state index contributed by atoms with van der Waals surface area (Å²) in [6, 6.07) is 0. The Labute approximate surface area is 149 Å². The van der Waals surface area contributed by atoms with E-state index in [1.165, 1.54) is 16.0 Å². The highest BCUT2D eigenvalue weighted by molar-refractivity contribution is 5.67. The van der Waals surface area contributed by atoms with E-state index in [1.807, 2.05) is 34.6 Å². The van der Waals surface area contributed by atoms with Crippen LogP contribution in [0.4, 0.5) is 4.79 Å². The maximum atomic E-state index is 11.9. The maximum absolute atomic E-state index is 11.9. The van der Waals surface area contributed by atoms with Gasteiger partial charge in [-0.1, -0.05) is 0 Å². The Morgan fingerprint density at radius 1 is 1.28 bits per heavy atom. The molecule has 0 N–H and O–H groups in total. The van der Waals surface area contributed by atoms with Crippen molar-refractivity contribution in [2.45, 2.75) is 53.1 Å². The van der Waals surface area contributed by atoms with Crippen LogP contribution in [-0.2, 0) is 22.4 Å². The van der Waals surface area contributed by atoms with E-state index in [9.17, 15) is 9.59 Å². The van der Waals surface area contributed by atoms with Crippen molar-refractivity contribution in [3.8, 4) is 5.88 Å². The van der Waals surface area contributed by atoms with Crippen molar-refractivity contribution in [2.75, 3.05) is 20.2 Å². The summed E-state index contributed by atoms with van der Waals surface area (Å²) in [6.07, 6.45) is 2.16. The molecular weight excluding hydrogens is 320 g/mol. The van der Waals surface area contributed by atoms with E-state index in [4.69, 9.17) is 9.47 Å². The Kier molecular flexibility index (Phi) is 5.70. The number of hydrogen-bond donors (Lipinski definition) is 0. The number of amides is 1. The van der Waals surface area contributed by atoms with Crippen molar-refractivity contribution in [3.63, 3.8) is 0 Å². The van der Waals surface area contributed by atoms with Crippen LogP contribution in [0.1, 0.15) is 43.2 Å². The highest BCUT2D eigenvalue weighted by Crippen LogP contribution is 2.34. The normalized spacial score (nSPS) is 16.3. The lowest BCUT2D eigenvalue weighted by molar-refractivity contribution is -0.110. The first kappa shape index (κ1) is 19.2. The summed E-state index contributed by atoms with van der Waals surface area (Å²) in [5, 5.41) is 0. The standard InChI is InChI=1S/C19H28N2O4/c1-12-15-9-14(11-22)10-16(15)13(2)20-17(12)24-8-7-21(6)18(23)25-19(3,4)5/h11,14H,7-10H2,1-6H3. The molecule has 0 aliphatic heterocycles. The zero-order chi connectivity index (χ0) is 18.8. The van der Waals surface area contributed by atoms with Gasteiger partial charge >= 0.3 is 6.09 Å². The number of nitrogens with zero attached hydrogens (tertiary/aromatic N) is 2. The number of hydrogen-bond acceptors (Lipinski definition) is 5. The van der Waals surface area contributed by atoms with Crippen LogP contribution in [0.3, 0.4) is 0 Å². The lowest BCUT2D eigenvalue weighted by Gasteiger charge is -2.24. The van der Waals surface area contributed by atoms with Crippen LogP contribution in [0.25, 0.3) is 0 Å². The van der Waals surface area contributed by atoms with Crippen LogP contribution in [0, 0.1) is 19.8 Å². The molecule has 0 radical (unpaired) electrons. The van der Waals surface area contributed by atoms with Crippen LogP contribution in [-0.4, -0.2) is 48.1 Å². The van der Waals surface area contributed by atoms with Gasteiger partial charge in [-0.15, -0.1) is 0 Å². The topological polar surface area (TPSA) is 68.7 Å². The van der Waals surface area contributed by atoms with Crippen LogP contribution in [0.15, 0.2) is 0 Å². The summed E-state index contributed by atoms with van der Waals surface area (Å²) >= 11 is 0. The molecule has 1 unspecified atom stereocenters. The Balaban J connectivity index is 1.97. The number of ether oxygens (including phenoxy) is 2. The molecule has 0 spiro atoms. The Morgan fingerprint density at radius 3 is 2.52 bits per heavy atom. The average molecular weight is 348 g/mol. The van der Waals surface area contributed by atoms with Gasteiger partial charge in [0.15, 0.2) is 0 Å². The molecule has 1 aliphatic rings. The van der Waals surface area contributed by atoms with Crippen LogP contribution < -0.4 is 4.74 Å². The summed E-state index contributed by atoms with van der Waals surface area (Å²) in [5.41, 5.74) is 3.74. The molecule has 6 heteroatoms. The molecule has 1 amide bonds. The van der Waals surface area contributed by atoms with Gasteiger partial charge in [-0.05, 0) is 58.6 Å². The minimum Gasteiger partial charge on any atom is -0.476 e. The molecule has 1 aliphatic carbocycles. The van der Waals surface area contributed by atoms with Gasteiger partial charge in [-0.3, -0.25) is 0 Å². The molecule has 0 saturated heterocycles. The van der Waals surface area contributed by atoms with Crippen LogP contribution in [0.2, 0.25) is 0 Å². The maximum Gasteiger partial charge on any atom is 0.410 e. The van der Waals surface area contributed by atoms with Gasteiger partial charge in [-0.25, -0.2) is 9.78 Å². The second-order valence-electron chi connectivity index (χ2n) is 7.64. The summed E-state index contributed by atoms with van der Waals surface area (Å²) in [5.74, 6) is 0.628. The highest BCUT2D eigenvalue weighted by atomic mass is 16.6. The van der Waals surface area contributed by atoms with Gasteiger partial charge < -0.3 is 19.2 Å². The Morgan fingerprint density at radius 2 is 1.92 bits per heavy atom. The van der Waals surface area contributed by atoms with E-state index in [0.717, 1.165) is 30.4 Å². The summed E-state index contributed by atoms with van der Waals surface area (Å²) in [7, 11) is 1.68. The second-order valence-corrected chi connectivity index (χ2v) is 7.64. The predicted octanol–water partition coefficient (Wildman–Crippen LogP) is 2.86. The largest absolute Gasteiger partial charge is 0.476 e. The molecule has 2 rings (SSSR count). The second kappa shape index (κ2) is 7.42. The van der Waals surface area contributed by atoms with Gasteiger partial charge in [0.2, 0.25) is 5.88 Å². The van der Waals surface area contributed by atoms with E-state index in [0.29, 0.717) is 19.0 Å². The highest BCUT2D eigenvalue weighted by Gasteiger charge is 2.27. The summed E-state index contributed by atoms with van der Waals surface area (Å²) in [6.45, 7) is 10.2. The fourth-order valence-corrected chi connectivity index (χ4v) is 2.97. The van der Waals surface area contributed by atoms with E-state index in [1.54, 1.807) is 7.05 Å². The number of aldehydes is 1. The number of fused-ring (bicyclic) bond motifs is 1. The van der Waals surface area contributed by atoms with Gasteiger partial charge in [0.05, 0.1) is 6.54 Å². The molecular formula is C19H28N2O4. The van der Waals surface area contributed by atoms with E-state index in [2.05, 4.69) is 4.98 Å². The number of aryl methyl sites for hydroxylation is 1. The molecule has 138 valence electrons. The number of aromatic nitrogens is 1. The van der Waals surface area contributed by atoms with E-state index in [-0.39, 0.29) is 12.0 Å². The minimum atomic E-state index is -0.517. The molecule has 25 heavy (non-hydrogen) atoms. The number of carbonyl (C=O) groups excluding carboxylic acids is 2. The van der Waals surface area contributed by atoms with Crippen molar-refractivity contribution in [3.05, 3.63) is 22.4 Å². The quantitative estimate of drug-likeness (QED) is 0.765. The Hall–Kier alpha value is -2.11. The lowest BCUT2D eigenvalue weighted by atomic mass is 10.0. The fourth-order valence-electron chi connectivity index (χ4n) is 2.97.